The zero-order chi connectivity index (χ0) is 16.1. The smallest absolute Gasteiger partial charge is 0.194 e. The molecule has 0 radical (unpaired) electrons. The van der Waals surface area contributed by atoms with Crippen LogP contribution >= 0.6 is 35.3 Å². The van der Waals surface area contributed by atoms with Crippen molar-refractivity contribution in [2.45, 2.75) is 52.2 Å². The van der Waals surface area contributed by atoms with Gasteiger partial charge in [0.15, 0.2) is 5.96 Å². The Morgan fingerprint density at radius 1 is 1.48 bits per heavy atom. The van der Waals surface area contributed by atoms with E-state index >= 15 is 0 Å². The van der Waals surface area contributed by atoms with Crippen LogP contribution in [0.3, 0.4) is 0 Å². The Hall–Kier alpha value is -0.410. The average molecular weight is 451 g/mol. The summed E-state index contributed by atoms with van der Waals surface area (Å²) in [5, 5.41) is 6.62. The second kappa shape index (κ2) is 9.78. The third-order valence-corrected chi connectivity index (χ3v) is 4.91. The molecule has 132 valence electrons. The molecule has 0 spiro atoms. The maximum Gasteiger partial charge on any atom is 0.194 e. The monoisotopic (exact) mass is 451 g/mol. The van der Waals surface area contributed by atoms with Gasteiger partial charge in [-0.1, -0.05) is 0 Å². The van der Waals surface area contributed by atoms with Crippen LogP contribution in [0.2, 0.25) is 0 Å². The summed E-state index contributed by atoms with van der Waals surface area (Å²) in [7, 11) is 4.29. The Kier molecular flexibility index (Phi) is 8.78. The highest BCUT2D eigenvalue weighted by Crippen LogP contribution is 2.26. The van der Waals surface area contributed by atoms with Gasteiger partial charge in [0, 0.05) is 31.1 Å². The predicted octanol–water partition coefficient (Wildman–Crippen LogP) is 2.95. The largest absolute Gasteiger partial charge is 0.357 e. The Balaban J connectivity index is 0.00000264. The number of halogens is 1. The van der Waals surface area contributed by atoms with Gasteiger partial charge in [0.2, 0.25) is 0 Å². The van der Waals surface area contributed by atoms with Crippen molar-refractivity contribution in [1.82, 2.24) is 20.1 Å². The standard InChI is InChI=1S/C16H29N5S.HI/c1-6-17-16(18-9-12(2)21(5)15-7-8-15)20(4)10-14-11-22-13(3)19-14;/h11-12,15H,6-10H2,1-5H3,(H,17,18);1H. The van der Waals surface area contributed by atoms with Crippen LogP contribution in [-0.2, 0) is 6.54 Å². The lowest BCUT2D eigenvalue weighted by Crippen LogP contribution is -2.40. The second-order valence-corrected chi connectivity index (χ2v) is 7.22. The number of aliphatic imine (C=N–C) groups is 1. The van der Waals surface area contributed by atoms with Crippen LogP contribution in [0, 0.1) is 6.92 Å². The van der Waals surface area contributed by atoms with Crippen LogP contribution in [-0.4, -0.2) is 60.0 Å². The molecule has 7 heteroatoms. The fraction of sp³-hybridized carbons (Fsp3) is 0.750. The van der Waals surface area contributed by atoms with Crippen molar-refractivity contribution in [2.75, 3.05) is 27.2 Å². The maximum absolute atomic E-state index is 4.81. The molecular formula is C16H30IN5S. The third-order valence-electron chi connectivity index (χ3n) is 4.09. The summed E-state index contributed by atoms with van der Waals surface area (Å²) < 4.78 is 0. The first kappa shape index (κ1) is 20.6. The van der Waals surface area contributed by atoms with Crippen molar-refractivity contribution < 1.29 is 0 Å². The van der Waals surface area contributed by atoms with Crippen LogP contribution in [0.1, 0.15) is 37.4 Å². The van der Waals surface area contributed by atoms with E-state index in [0.29, 0.717) is 6.04 Å². The van der Waals surface area contributed by atoms with E-state index in [0.717, 1.165) is 42.3 Å². The molecule has 0 bridgehead atoms. The van der Waals surface area contributed by atoms with E-state index in [4.69, 9.17) is 4.99 Å². The van der Waals surface area contributed by atoms with E-state index in [1.165, 1.54) is 12.8 Å². The maximum atomic E-state index is 4.81. The third kappa shape index (κ3) is 6.54. The fourth-order valence-corrected chi connectivity index (χ4v) is 3.06. The number of thiazole rings is 1. The van der Waals surface area contributed by atoms with Gasteiger partial charge in [-0.2, -0.15) is 0 Å². The molecule has 1 saturated carbocycles. The minimum atomic E-state index is 0. The van der Waals surface area contributed by atoms with E-state index in [-0.39, 0.29) is 24.0 Å². The molecular weight excluding hydrogens is 421 g/mol. The van der Waals surface area contributed by atoms with Crippen molar-refractivity contribution in [3.63, 3.8) is 0 Å². The molecule has 0 aromatic carbocycles. The summed E-state index contributed by atoms with van der Waals surface area (Å²) in [5.41, 5.74) is 1.11. The molecule has 0 aliphatic heterocycles. The fourth-order valence-electron chi connectivity index (χ4n) is 2.46. The molecule has 0 amide bonds. The first-order valence-corrected chi connectivity index (χ1v) is 9.01. The van der Waals surface area contributed by atoms with E-state index in [9.17, 15) is 0 Å². The van der Waals surface area contributed by atoms with Crippen molar-refractivity contribution in [1.29, 1.82) is 0 Å². The van der Waals surface area contributed by atoms with Gasteiger partial charge in [-0.3, -0.25) is 9.89 Å². The molecule has 1 aromatic heterocycles. The molecule has 1 heterocycles. The van der Waals surface area contributed by atoms with Gasteiger partial charge in [0.25, 0.3) is 0 Å². The molecule has 5 nitrogen and oxygen atoms in total. The lowest BCUT2D eigenvalue weighted by molar-refractivity contribution is 0.252. The summed E-state index contributed by atoms with van der Waals surface area (Å²) in [6, 6.07) is 1.26. The topological polar surface area (TPSA) is 43.8 Å². The van der Waals surface area contributed by atoms with Crippen LogP contribution < -0.4 is 5.32 Å². The van der Waals surface area contributed by atoms with Gasteiger partial charge >= 0.3 is 0 Å². The van der Waals surface area contributed by atoms with Crippen LogP contribution in [0.15, 0.2) is 10.4 Å². The normalized spacial score (nSPS) is 16.2. The number of rotatable bonds is 7. The lowest BCUT2D eigenvalue weighted by Gasteiger charge is -2.25. The van der Waals surface area contributed by atoms with Gasteiger partial charge in [0.05, 0.1) is 23.8 Å². The molecule has 2 rings (SSSR count). The molecule has 23 heavy (non-hydrogen) atoms. The molecule has 0 saturated heterocycles. The van der Waals surface area contributed by atoms with Gasteiger partial charge in [-0.05, 0) is 40.7 Å². The van der Waals surface area contributed by atoms with Crippen molar-refractivity contribution >= 4 is 41.3 Å². The number of nitrogens with zero attached hydrogens (tertiary/aromatic N) is 4. The van der Waals surface area contributed by atoms with E-state index in [1.54, 1.807) is 11.3 Å². The van der Waals surface area contributed by atoms with Crippen molar-refractivity contribution in [3.05, 3.63) is 16.1 Å². The quantitative estimate of drug-likeness (QED) is 0.394. The van der Waals surface area contributed by atoms with Gasteiger partial charge in [-0.25, -0.2) is 4.98 Å². The highest BCUT2D eigenvalue weighted by atomic mass is 127. The molecule has 1 atom stereocenters. The molecule has 1 aliphatic carbocycles. The predicted molar refractivity (Wildman–Crippen MR) is 110 cm³/mol. The Morgan fingerprint density at radius 2 is 2.17 bits per heavy atom. The second-order valence-electron chi connectivity index (χ2n) is 6.15. The van der Waals surface area contributed by atoms with Crippen LogP contribution in [0.4, 0.5) is 0 Å². The van der Waals surface area contributed by atoms with Crippen LogP contribution in [0.5, 0.6) is 0 Å². The zero-order valence-corrected chi connectivity index (χ0v) is 18.0. The zero-order valence-electron chi connectivity index (χ0n) is 14.9. The summed E-state index contributed by atoms with van der Waals surface area (Å²) >= 11 is 1.70. The summed E-state index contributed by atoms with van der Waals surface area (Å²) in [6.45, 7) is 8.92. The Labute approximate surface area is 161 Å². The van der Waals surface area contributed by atoms with Gasteiger partial charge in [0.1, 0.15) is 0 Å². The minimum Gasteiger partial charge on any atom is -0.357 e. The Bertz CT molecular complexity index is 500. The molecule has 1 fully saturated rings. The average Bonchev–Trinajstić information content (AvgIpc) is 3.26. The lowest BCUT2D eigenvalue weighted by atomic mass is 10.3. The number of aromatic nitrogens is 1. The highest BCUT2D eigenvalue weighted by Gasteiger charge is 2.28. The summed E-state index contributed by atoms with van der Waals surface area (Å²) in [6.07, 6.45) is 2.68. The molecule has 1 N–H and O–H groups in total. The number of hydrogen-bond donors (Lipinski definition) is 1. The van der Waals surface area contributed by atoms with Gasteiger partial charge in [-0.15, -0.1) is 35.3 Å². The SMILES string of the molecule is CCNC(=NCC(C)N(C)C1CC1)N(C)Cc1csc(C)n1.I. The number of aryl methyl sites for hydroxylation is 1. The number of likely N-dealkylation sites (N-methyl/N-ethyl adjacent to an activating group) is 1. The van der Waals surface area contributed by atoms with Crippen molar-refractivity contribution in [3.8, 4) is 0 Å². The molecule has 1 aromatic rings. The Morgan fingerprint density at radius 3 is 2.70 bits per heavy atom. The minimum absolute atomic E-state index is 0. The molecule has 1 aliphatic rings. The molecule has 1 unspecified atom stereocenters. The van der Waals surface area contributed by atoms with E-state index in [1.807, 2.05) is 6.92 Å². The van der Waals surface area contributed by atoms with Gasteiger partial charge < -0.3 is 10.2 Å². The number of hydrogen-bond acceptors (Lipinski definition) is 4. The summed E-state index contributed by atoms with van der Waals surface area (Å²) in [5.74, 6) is 0.962. The van der Waals surface area contributed by atoms with Crippen LogP contribution in [0.25, 0.3) is 0 Å². The van der Waals surface area contributed by atoms with E-state index in [2.05, 4.69) is 53.4 Å². The first-order chi connectivity index (χ1) is 10.5. The first-order valence-electron chi connectivity index (χ1n) is 8.13. The number of nitrogens with one attached hydrogen (secondary N) is 1. The number of guanidine groups is 1. The van der Waals surface area contributed by atoms with E-state index < -0.39 is 0 Å². The summed E-state index contributed by atoms with van der Waals surface area (Å²) in [4.78, 5) is 14.0. The van der Waals surface area contributed by atoms with Crippen molar-refractivity contribution in [2.24, 2.45) is 4.99 Å². The highest BCUT2D eigenvalue weighted by molar-refractivity contribution is 14.0.